The number of pyridine rings is 1. The third-order valence-corrected chi connectivity index (χ3v) is 3.53. The molecule has 0 amide bonds. The van der Waals surface area contributed by atoms with Gasteiger partial charge in [-0.2, -0.15) is 0 Å². The number of aromatic amines is 1. The maximum absolute atomic E-state index is 11.8. The van der Waals surface area contributed by atoms with Gasteiger partial charge in [-0.1, -0.05) is 0 Å². The summed E-state index contributed by atoms with van der Waals surface area (Å²) in [6.07, 6.45) is 4.42. The predicted molar refractivity (Wildman–Crippen MR) is 65.4 cm³/mol. The molecule has 2 aromatic heterocycles. The minimum absolute atomic E-state index is 0.190. The number of rotatable bonds is 4. The number of nitrogens with one attached hydrogen (secondary N) is 3. The number of hydrogen-bond acceptors (Lipinski definition) is 4. The molecule has 2 heterocycles. The number of anilines is 2. The van der Waals surface area contributed by atoms with Crippen LogP contribution in [0.5, 0.6) is 0 Å². The van der Waals surface area contributed by atoms with E-state index in [0.29, 0.717) is 11.5 Å². The van der Waals surface area contributed by atoms with E-state index in [2.05, 4.69) is 20.0 Å². The highest BCUT2D eigenvalue weighted by Gasteiger charge is 2.14. The fourth-order valence-electron chi connectivity index (χ4n) is 1.29. The Balaban J connectivity index is 2.21. The van der Waals surface area contributed by atoms with E-state index in [1.54, 1.807) is 25.4 Å². The molecule has 17 heavy (non-hydrogen) atoms. The van der Waals surface area contributed by atoms with Crippen molar-refractivity contribution in [3.63, 3.8) is 0 Å². The molecule has 0 aliphatic rings. The first kappa shape index (κ1) is 11.5. The summed E-state index contributed by atoms with van der Waals surface area (Å²) in [5.74, 6) is 0.676. The molecule has 0 aliphatic carbocycles. The van der Waals surface area contributed by atoms with E-state index in [-0.39, 0.29) is 4.90 Å². The third kappa shape index (κ3) is 2.56. The largest absolute Gasteiger partial charge is 0.373 e. The lowest BCUT2D eigenvalue weighted by Crippen LogP contribution is -2.12. The molecule has 0 spiro atoms. The Labute approximate surface area is 99.1 Å². The van der Waals surface area contributed by atoms with Crippen molar-refractivity contribution in [1.29, 1.82) is 0 Å². The van der Waals surface area contributed by atoms with Gasteiger partial charge in [-0.3, -0.25) is 4.72 Å². The highest BCUT2D eigenvalue weighted by molar-refractivity contribution is 7.92. The topological polar surface area (TPSA) is 86.9 Å². The van der Waals surface area contributed by atoms with E-state index < -0.39 is 10.0 Å². The second kappa shape index (κ2) is 4.46. The van der Waals surface area contributed by atoms with Crippen molar-refractivity contribution in [2.75, 3.05) is 17.1 Å². The third-order valence-electron chi connectivity index (χ3n) is 2.15. The SMILES string of the molecule is CNc1ccc(NS(=O)(=O)c2cc[nH]c2)cn1. The van der Waals surface area contributed by atoms with Crippen LogP contribution in [0.2, 0.25) is 0 Å². The Morgan fingerprint density at radius 3 is 2.65 bits per heavy atom. The average Bonchev–Trinajstić information content (AvgIpc) is 2.84. The summed E-state index contributed by atoms with van der Waals surface area (Å²) in [7, 11) is -1.79. The Kier molecular flexibility index (Phi) is 3.01. The van der Waals surface area contributed by atoms with Crippen LogP contribution in [-0.4, -0.2) is 25.4 Å². The molecule has 2 aromatic rings. The van der Waals surface area contributed by atoms with Gasteiger partial charge in [0.05, 0.1) is 11.9 Å². The van der Waals surface area contributed by atoms with E-state index in [1.165, 1.54) is 18.5 Å². The van der Waals surface area contributed by atoms with Crippen molar-refractivity contribution in [3.8, 4) is 0 Å². The second-order valence-electron chi connectivity index (χ2n) is 3.33. The zero-order valence-corrected chi connectivity index (χ0v) is 9.95. The van der Waals surface area contributed by atoms with Crippen LogP contribution in [0, 0.1) is 0 Å². The molecule has 3 N–H and O–H groups in total. The highest BCUT2D eigenvalue weighted by Crippen LogP contribution is 2.15. The normalized spacial score (nSPS) is 11.1. The van der Waals surface area contributed by atoms with Crippen LogP contribution in [0.15, 0.2) is 41.7 Å². The van der Waals surface area contributed by atoms with Gasteiger partial charge in [0, 0.05) is 19.4 Å². The molecule has 0 unspecified atom stereocenters. The molecule has 0 atom stereocenters. The summed E-state index contributed by atoms with van der Waals surface area (Å²) in [4.78, 5) is 6.90. The van der Waals surface area contributed by atoms with Crippen LogP contribution < -0.4 is 10.0 Å². The van der Waals surface area contributed by atoms with Gasteiger partial charge in [0.15, 0.2) is 0 Å². The lowest BCUT2D eigenvalue weighted by molar-refractivity contribution is 0.601. The van der Waals surface area contributed by atoms with Crippen molar-refractivity contribution >= 4 is 21.5 Å². The summed E-state index contributed by atoms with van der Waals surface area (Å²) in [6.45, 7) is 0. The zero-order chi connectivity index (χ0) is 12.3. The van der Waals surface area contributed by atoms with E-state index in [9.17, 15) is 8.42 Å². The summed E-state index contributed by atoms with van der Waals surface area (Å²) in [5.41, 5.74) is 0.421. The van der Waals surface area contributed by atoms with E-state index in [4.69, 9.17) is 0 Å². The fourth-order valence-corrected chi connectivity index (χ4v) is 2.31. The van der Waals surface area contributed by atoms with Crippen LogP contribution in [0.3, 0.4) is 0 Å². The zero-order valence-electron chi connectivity index (χ0n) is 9.14. The smallest absolute Gasteiger partial charge is 0.263 e. The Morgan fingerprint density at radius 2 is 2.12 bits per heavy atom. The number of nitrogens with zero attached hydrogens (tertiary/aromatic N) is 1. The summed E-state index contributed by atoms with van der Waals surface area (Å²) in [6, 6.07) is 4.82. The molecule has 90 valence electrons. The van der Waals surface area contributed by atoms with Crippen LogP contribution >= 0.6 is 0 Å². The number of hydrogen-bond donors (Lipinski definition) is 3. The minimum Gasteiger partial charge on any atom is -0.373 e. The molecule has 0 saturated carbocycles. The van der Waals surface area contributed by atoms with Gasteiger partial charge >= 0.3 is 0 Å². The van der Waals surface area contributed by atoms with Crippen molar-refractivity contribution in [2.24, 2.45) is 0 Å². The van der Waals surface area contributed by atoms with E-state index >= 15 is 0 Å². The van der Waals surface area contributed by atoms with Crippen LogP contribution in [0.1, 0.15) is 0 Å². The van der Waals surface area contributed by atoms with Crippen molar-refractivity contribution in [3.05, 3.63) is 36.8 Å². The molecule has 7 heteroatoms. The quantitative estimate of drug-likeness (QED) is 0.764. The molecular weight excluding hydrogens is 240 g/mol. The molecule has 0 radical (unpaired) electrons. The molecular formula is C10H12N4O2S. The minimum atomic E-state index is -3.53. The van der Waals surface area contributed by atoms with E-state index in [1.807, 2.05) is 0 Å². The summed E-state index contributed by atoms with van der Waals surface area (Å²) in [5, 5.41) is 2.85. The number of H-pyrrole nitrogens is 1. The average molecular weight is 252 g/mol. The molecule has 0 aromatic carbocycles. The highest BCUT2D eigenvalue weighted by atomic mass is 32.2. The van der Waals surface area contributed by atoms with Crippen molar-refractivity contribution in [1.82, 2.24) is 9.97 Å². The summed E-state index contributed by atoms with van der Waals surface area (Å²) >= 11 is 0. The predicted octanol–water partition coefficient (Wildman–Crippen LogP) is 1.25. The first-order valence-electron chi connectivity index (χ1n) is 4.91. The van der Waals surface area contributed by atoms with Crippen LogP contribution in [0.4, 0.5) is 11.5 Å². The molecule has 0 bridgehead atoms. The van der Waals surface area contributed by atoms with Gasteiger partial charge in [0.1, 0.15) is 10.7 Å². The maximum atomic E-state index is 11.8. The Hall–Kier alpha value is -2.02. The second-order valence-corrected chi connectivity index (χ2v) is 5.02. The van der Waals surface area contributed by atoms with Gasteiger partial charge in [-0.15, -0.1) is 0 Å². The van der Waals surface area contributed by atoms with E-state index in [0.717, 1.165) is 0 Å². The number of sulfonamides is 1. The first-order chi connectivity index (χ1) is 8.12. The van der Waals surface area contributed by atoms with Crippen LogP contribution in [0.25, 0.3) is 0 Å². The number of aromatic nitrogens is 2. The molecule has 0 fully saturated rings. The van der Waals surface area contributed by atoms with Gasteiger partial charge < -0.3 is 10.3 Å². The molecule has 0 aliphatic heterocycles. The standard InChI is InChI=1S/C10H12N4O2S/c1-11-10-3-2-8(6-13-10)14-17(15,16)9-4-5-12-7-9/h2-7,12,14H,1H3,(H,11,13). The Morgan fingerprint density at radius 1 is 1.29 bits per heavy atom. The molecule has 6 nitrogen and oxygen atoms in total. The molecule has 2 rings (SSSR count). The first-order valence-corrected chi connectivity index (χ1v) is 6.39. The Bertz CT molecular complexity index is 575. The van der Waals surface area contributed by atoms with Gasteiger partial charge in [0.25, 0.3) is 10.0 Å². The lowest BCUT2D eigenvalue weighted by atomic mass is 10.4. The fraction of sp³-hybridized carbons (Fsp3) is 0.100. The van der Waals surface area contributed by atoms with Gasteiger partial charge in [-0.05, 0) is 18.2 Å². The monoisotopic (exact) mass is 252 g/mol. The van der Waals surface area contributed by atoms with Gasteiger partial charge in [0.2, 0.25) is 0 Å². The molecule has 0 saturated heterocycles. The lowest BCUT2D eigenvalue weighted by Gasteiger charge is -2.06. The van der Waals surface area contributed by atoms with Crippen molar-refractivity contribution < 1.29 is 8.42 Å². The summed E-state index contributed by atoms with van der Waals surface area (Å²) < 4.78 is 26.1. The maximum Gasteiger partial charge on any atom is 0.263 e. The van der Waals surface area contributed by atoms with Gasteiger partial charge in [-0.25, -0.2) is 13.4 Å². The van der Waals surface area contributed by atoms with Crippen LogP contribution in [-0.2, 0) is 10.0 Å². The van der Waals surface area contributed by atoms with Crippen molar-refractivity contribution in [2.45, 2.75) is 4.90 Å².